The maximum atomic E-state index is 12.7. The van der Waals surface area contributed by atoms with Gasteiger partial charge in [-0.1, -0.05) is 18.2 Å². The Labute approximate surface area is 163 Å². The van der Waals surface area contributed by atoms with Crippen molar-refractivity contribution in [1.82, 2.24) is 25.1 Å². The Balaban J connectivity index is 1.38. The van der Waals surface area contributed by atoms with Gasteiger partial charge in [-0.05, 0) is 60.2 Å². The number of piperazine rings is 1. The molecule has 8 nitrogen and oxygen atoms in total. The molecule has 144 valence electrons. The van der Waals surface area contributed by atoms with E-state index in [-0.39, 0.29) is 6.03 Å². The highest BCUT2D eigenvalue weighted by Crippen LogP contribution is 2.19. The number of aryl methyl sites for hydroxylation is 2. The van der Waals surface area contributed by atoms with E-state index < -0.39 is 0 Å². The molecule has 1 aliphatic rings. The topological polar surface area (TPSA) is 79.2 Å². The minimum atomic E-state index is -0.0884. The highest BCUT2D eigenvalue weighted by atomic mass is 16.2. The first kappa shape index (κ1) is 18.0. The molecule has 0 spiro atoms. The fraction of sp³-hybridized carbons (Fsp3) is 0.300. The van der Waals surface area contributed by atoms with Gasteiger partial charge in [-0.2, -0.15) is 4.68 Å². The van der Waals surface area contributed by atoms with Crippen molar-refractivity contribution in [1.29, 1.82) is 0 Å². The first-order valence-electron chi connectivity index (χ1n) is 9.33. The predicted octanol–water partition coefficient (Wildman–Crippen LogP) is 2.63. The van der Waals surface area contributed by atoms with Crippen LogP contribution in [0.2, 0.25) is 0 Å². The summed E-state index contributed by atoms with van der Waals surface area (Å²) in [7, 11) is 0. The van der Waals surface area contributed by atoms with Crippen LogP contribution in [0.25, 0.3) is 5.69 Å². The SMILES string of the molecule is Cc1cccc(N2CCN(C(=O)Nc3cccc(-n4nnnc4C)c3)CC2)c1. The number of benzene rings is 2. The molecule has 1 fully saturated rings. The lowest BCUT2D eigenvalue weighted by Crippen LogP contribution is -2.50. The van der Waals surface area contributed by atoms with Crippen LogP contribution in [-0.2, 0) is 0 Å². The van der Waals surface area contributed by atoms with E-state index in [0.717, 1.165) is 24.5 Å². The maximum Gasteiger partial charge on any atom is 0.321 e. The van der Waals surface area contributed by atoms with Crippen molar-refractivity contribution < 1.29 is 4.79 Å². The molecule has 4 rings (SSSR count). The van der Waals surface area contributed by atoms with E-state index in [1.165, 1.54) is 11.3 Å². The number of tetrazole rings is 1. The van der Waals surface area contributed by atoms with Crippen molar-refractivity contribution >= 4 is 17.4 Å². The van der Waals surface area contributed by atoms with E-state index >= 15 is 0 Å². The van der Waals surface area contributed by atoms with Crippen molar-refractivity contribution in [3.8, 4) is 5.69 Å². The minimum absolute atomic E-state index is 0.0884. The molecule has 0 saturated carbocycles. The van der Waals surface area contributed by atoms with Crippen LogP contribution in [0.5, 0.6) is 0 Å². The highest BCUT2D eigenvalue weighted by Gasteiger charge is 2.21. The highest BCUT2D eigenvalue weighted by molar-refractivity contribution is 5.89. The molecular formula is C20H23N7O. The van der Waals surface area contributed by atoms with E-state index in [1.807, 2.05) is 36.1 Å². The normalized spacial score (nSPS) is 14.2. The number of carbonyl (C=O) groups is 1. The molecular weight excluding hydrogens is 354 g/mol. The molecule has 8 heteroatoms. The Bertz CT molecular complexity index is 976. The van der Waals surface area contributed by atoms with Gasteiger partial charge in [0.25, 0.3) is 0 Å². The quantitative estimate of drug-likeness (QED) is 0.759. The Morgan fingerprint density at radius 1 is 0.964 bits per heavy atom. The van der Waals surface area contributed by atoms with Crippen LogP contribution in [0, 0.1) is 13.8 Å². The Morgan fingerprint density at radius 2 is 1.71 bits per heavy atom. The zero-order valence-electron chi connectivity index (χ0n) is 16.0. The fourth-order valence-corrected chi connectivity index (χ4v) is 3.38. The number of nitrogens with zero attached hydrogens (tertiary/aromatic N) is 6. The third-order valence-corrected chi connectivity index (χ3v) is 4.90. The number of anilines is 2. The lowest BCUT2D eigenvalue weighted by molar-refractivity contribution is 0.208. The van der Waals surface area contributed by atoms with Gasteiger partial charge in [-0.15, -0.1) is 5.10 Å². The first-order valence-corrected chi connectivity index (χ1v) is 9.33. The molecule has 0 aliphatic carbocycles. The van der Waals surface area contributed by atoms with E-state index in [4.69, 9.17) is 0 Å². The zero-order valence-corrected chi connectivity index (χ0v) is 16.0. The van der Waals surface area contributed by atoms with Gasteiger partial charge in [0.2, 0.25) is 0 Å². The van der Waals surface area contributed by atoms with Crippen molar-refractivity contribution in [2.45, 2.75) is 13.8 Å². The van der Waals surface area contributed by atoms with Crippen LogP contribution >= 0.6 is 0 Å². The molecule has 0 atom stereocenters. The molecule has 0 unspecified atom stereocenters. The van der Waals surface area contributed by atoms with Gasteiger partial charge >= 0.3 is 6.03 Å². The summed E-state index contributed by atoms with van der Waals surface area (Å²) in [6.07, 6.45) is 0. The second-order valence-electron chi connectivity index (χ2n) is 6.93. The monoisotopic (exact) mass is 377 g/mol. The molecule has 0 bridgehead atoms. The van der Waals surface area contributed by atoms with Gasteiger partial charge < -0.3 is 15.1 Å². The summed E-state index contributed by atoms with van der Waals surface area (Å²) < 4.78 is 1.64. The molecule has 1 aliphatic heterocycles. The van der Waals surface area contributed by atoms with Crippen molar-refractivity contribution in [3.63, 3.8) is 0 Å². The summed E-state index contributed by atoms with van der Waals surface area (Å²) >= 11 is 0. The van der Waals surface area contributed by atoms with Gasteiger partial charge in [-0.25, -0.2) is 4.79 Å². The number of urea groups is 1. The van der Waals surface area contributed by atoms with E-state index in [0.29, 0.717) is 18.9 Å². The van der Waals surface area contributed by atoms with Crippen molar-refractivity contribution in [2.24, 2.45) is 0 Å². The molecule has 2 heterocycles. The average molecular weight is 377 g/mol. The second-order valence-corrected chi connectivity index (χ2v) is 6.93. The van der Waals surface area contributed by atoms with Crippen LogP contribution in [0.1, 0.15) is 11.4 Å². The van der Waals surface area contributed by atoms with Crippen LogP contribution < -0.4 is 10.2 Å². The third kappa shape index (κ3) is 3.80. The zero-order chi connectivity index (χ0) is 19.5. The largest absolute Gasteiger partial charge is 0.368 e. The van der Waals surface area contributed by atoms with Crippen LogP contribution in [0.4, 0.5) is 16.2 Å². The van der Waals surface area contributed by atoms with Crippen molar-refractivity contribution in [3.05, 3.63) is 59.9 Å². The molecule has 2 amide bonds. The number of nitrogens with one attached hydrogen (secondary N) is 1. The maximum absolute atomic E-state index is 12.7. The molecule has 28 heavy (non-hydrogen) atoms. The number of hydrogen-bond acceptors (Lipinski definition) is 5. The molecule has 1 N–H and O–H groups in total. The summed E-state index contributed by atoms with van der Waals surface area (Å²) in [6, 6.07) is 15.9. The molecule has 3 aromatic rings. The second kappa shape index (κ2) is 7.67. The number of hydrogen-bond donors (Lipinski definition) is 1. The first-order chi connectivity index (χ1) is 13.6. The van der Waals surface area contributed by atoms with Crippen LogP contribution in [0.3, 0.4) is 0 Å². The van der Waals surface area contributed by atoms with E-state index in [2.05, 4.69) is 56.9 Å². The third-order valence-electron chi connectivity index (χ3n) is 4.90. The Hall–Kier alpha value is -3.42. The minimum Gasteiger partial charge on any atom is -0.368 e. The Kier molecular flexibility index (Phi) is 4.92. The predicted molar refractivity (Wildman–Crippen MR) is 108 cm³/mol. The van der Waals surface area contributed by atoms with Gasteiger partial charge in [0, 0.05) is 37.6 Å². The van der Waals surface area contributed by atoms with Gasteiger partial charge in [-0.3, -0.25) is 0 Å². The van der Waals surface area contributed by atoms with E-state index in [1.54, 1.807) is 4.68 Å². The fourth-order valence-electron chi connectivity index (χ4n) is 3.38. The number of amides is 2. The molecule has 1 aromatic heterocycles. The lowest BCUT2D eigenvalue weighted by Gasteiger charge is -2.36. The summed E-state index contributed by atoms with van der Waals surface area (Å²) in [4.78, 5) is 16.8. The standard InChI is InChI=1S/C20H23N7O/c1-15-5-3-7-18(13-15)25-9-11-26(12-10-25)20(28)21-17-6-4-8-19(14-17)27-16(2)22-23-24-27/h3-8,13-14H,9-12H2,1-2H3,(H,21,28). The van der Waals surface area contributed by atoms with Crippen LogP contribution in [0.15, 0.2) is 48.5 Å². The summed E-state index contributed by atoms with van der Waals surface area (Å²) in [6.45, 7) is 6.94. The van der Waals surface area contributed by atoms with Gasteiger partial charge in [0.15, 0.2) is 5.82 Å². The smallest absolute Gasteiger partial charge is 0.321 e. The average Bonchev–Trinajstić information content (AvgIpc) is 3.14. The van der Waals surface area contributed by atoms with Gasteiger partial charge in [0.1, 0.15) is 0 Å². The molecule has 2 aromatic carbocycles. The molecule has 1 saturated heterocycles. The Morgan fingerprint density at radius 3 is 2.43 bits per heavy atom. The molecule has 0 radical (unpaired) electrons. The number of rotatable bonds is 3. The number of aromatic nitrogens is 4. The summed E-state index contributed by atoms with van der Waals surface area (Å²) in [5.74, 6) is 0.691. The lowest BCUT2D eigenvalue weighted by atomic mass is 10.2. The summed E-state index contributed by atoms with van der Waals surface area (Å²) in [5, 5.41) is 14.5. The van der Waals surface area contributed by atoms with Crippen LogP contribution in [-0.4, -0.2) is 57.3 Å². The summed E-state index contributed by atoms with van der Waals surface area (Å²) in [5.41, 5.74) is 3.99. The van der Waals surface area contributed by atoms with Gasteiger partial charge in [0.05, 0.1) is 5.69 Å². The number of carbonyl (C=O) groups excluding carboxylic acids is 1. The van der Waals surface area contributed by atoms with E-state index in [9.17, 15) is 4.79 Å². The van der Waals surface area contributed by atoms with Crippen molar-refractivity contribution in [2.75, 3.05) is 36.4 Å².